The quantitative estimate of drug-likeness (QED) is 0.259. The molecule has 0 radical (unpaired) electrons. The summed E-state index contributed by atoms with van der Waals surface area (Å²) in [5.74, 6) is -0.176. The molecule has 1 aliphatic heterocycles. The van der Waals surface area contributed by atoms with Crippen molar-refractivity contribution in [1.29, 1.82) is 0 Å². The number of halogens is 1. The summed E-state index contributed by atoms with van der Waals surface area (Å²) in [5.41, 5.74) is 3.45. The zero-order valence-electron chi connectivity index (χ0n) is 25.7. The predicted octanol–water partition coefficient (Wildman–Crippen LogP) is 6.92. The summed E-state index contributed by atoms with van der Waals surface area (Å²) in [6.07, 6.45) is 4.18. The molecule has 3 aromatic rings. The van der Waals surface area contributed by atoms with Crippen LogP contribution >= 0.6 is 0 Å². The Bertz CT molecular complexity index is 1390. The maximum atomic E-state index is 13.5. The second-order valence-corrected chi connectivity index (χ2v) is 12.6. The number of nitrogens with zero attached hydrogens (tertiary/aromatic N) is 3. The second-order valence-electron chi connectivity index (χ2n) is 12.6. The van der Waals surface area contributed by atoms with Gasteiger partial charge in [-0.1, -0.05) is 13.8 Å². The summed E-state index contributed by atoms with van der Waals surface area (Å²) in [4.78, 5) is 24.1. The minimum atomic E-state index is -1.19. The van der Waals surface area contributed by atoms with E-state index in [1.165, 1.54) is 6.07 Å². The fourth-order valence-corrected chi connectivity index (χ4v) is 5.02. The molecule has 226 valence electrons. The highest BCUT2D eigenvalue weighted by Crippen LogP contribution is 2.43. The van der Waals surface area contributed by atoms with Crippen molar-refractivity contribution in [1.82, 2.24) is 9.97 Å². The van der Waals surface area contributed by atoms with Crippen LogP contribution in [0, 0.1) is 25.1 Å². The van der Waals surface area contributed by atoms with Gasteiger partial charge in [0.1, 0.15) is 30.5 Å². The summed E-state index contributed by atoms with van der Waals surface area (Å²) in [7, 11) is 0. The third kappa shape index (κ3) is 7.76. The summed E-state index contributed by atoms with van der Waals surface area (Å²) >= 11 is 0. The Labute approximate surface area is 247 Å². The number of benzene rings is 1. The minimum Gasteiger partial charge on any atom is -0.490 e. The number of anilines is 1. The number of piperidine rings is 1. The molecule has 1 saturated heterocycles. The molecule has 1 aromatic carbocycles. The number of ether oxygens (including phenoxy) is 3. The normalized spacial score (nSPS) is 15.8. The van der Waals surface area contributed by atoms with Crippen molar-refractivity contribution in [2.24, 2.45) is 5.41 Å². The maximum absolute atomic E-state index is 13.5. The van der Waals surface area contributed by atoms with Gasteiger partial charge in [0.15, 0.2) is 6.10 Å². The lowest BCUT2D eigenvalue weighted by Crippen LogP contribution is -2.39. The van der Waals surface area contributed by atoms with Gasteiger partial charge in [-0.2, -0.15) is 0 Å². The second kappa shape index (κ2) is 12.7. The first-order valence-corrected chi connectivity index (χ1v) is 14.4. The highest BCUT2D eigenvalue weighted by molar-refractivity contribution is 5.85. The Balaban J connectivity index is 1.60. The van der Waals surface area contributed by atoms with Gasteiger partial charge in [-0.25, -0.2) is 9.18 Å². The van der Waals surface area contributed by atoms with Gasteiger partial charge in [0.05, 0.1) is 23.2 Å². The van der Waals surface area contributed by atoms with Gasteiger partial charge in [0, 0.05) is 36.1 Å². The topological polar surface area (TPSA) is 94.0 Å². The highest BCUT2D eigenvalue weighted by Gasteiger charge is 2.36. The van der Waals surface area contributed by atoms with Crippen LogP contribution < -0.4 is 14.4 Å². The third-order valence-electron chi connectivity index (χ3n) is 7.44. The molecule has 1 fully saturated rings. The number of aromatic nitrogens is 2. The van der Waals surface area contributed by atoms with Crippen LogP contribution in [-0.4, -0.2) is 52.9 Å². The largest absolute Gasteiger partial charge is 0.490 e. The molecule has 8 nitrogen and oxygen atoms in total. The molecule has 0 bridgehead atoms. The Kier molecular flexibility index (Phi) is 9.40. The molecule has 1 aliphatic rings. The Morgan fingerprint density at radius 2 is 1.67 bits per heavy atom. The van der Waals surface area contributed by atoms with Crippen LogP contribution in [0.25, 0.3) is 11.3 Å². The highest BCUT2D eigenvalue weighted by atomic mass is 19.1. The van der Waals surface area contributed by atoms with Crippen molar-refractivity contribution in [3.8, 4) is 22.8 Å². The number of hydrogen-bond donors (Lipinski definition) is 1. The Morgan fingerprint density at radius 3 is 2.24 bits per heavy atom. The SMILES string of the molecule is Cc1cc(OCCOc2ccc(-c3cnc(C)c([C@H](OC(C)(C)C)C(=O)O)c3N3CCC(C)(C)CC3)nc2)ccc1F. The van der Waals surface area contributed by atoms with Crippen LogP contribution in [0.1, 0.15) is 70.4 Å². The van der Waals surface area contributed by atoms with Gasteiger partial charge < -0.3 is 24.2 Å². The molecule has 1 atom stereocenters. The van der Waals surface area contributed by atoms with Gasteiger partial charge in [0.2, 0.25) is 0 Å². The van der Waals surface area contributed by atoms with E-state index in [1.54, 1.807) is 31.5 Å². The predicted molar refractivity (Wildman–Crippen MR) is 161 cm³/mol. The number of pyridine rings is 2. The average Bonchev–Trinajstić information content (AvgIpc) is 2.92. The van der Waals surface area contributed by atoms with Crippen molar-refractivity contribution in [3.05, 3.63) is 65.4 Å². The van der Waals surface area contributed by atoms with E-state index in [4.69, 9.17) is 14.2 Å². The Hall–Kier alpha value is -3.72. The lowest BCUT2D eigenvalue weighted by atomic mass is 9.82. The van der Waals surface area contributed by atoms with E-state index >= 15 is 0 Å². The van der Waals surface area contributed by atoms with Crippen LogP contribution in [0.4, 0.5) is 10.1 Å². The van der Waals surface area contributed by atoms with E-state index in [2.05, 4.69) is 28.7 Å². The molecule has 0 saturated carbocycles. The van der Waals surface area contributed by atoms with E-state index < -0.39 is 17.7 Å². The van der Waals surface area contributed by atoms with Crippen molar-refractivity contribution in [2.45, 2.75) is 73.0 Å². The molecule has 9 heteroatoms. The van der Waals surface area contributed by atoms with Crippen molar-refractivity contribution >= 4 is 11.7 Å². The zero-order valence-corrected chi connectivity index (χ0v) is 25.7. The lowest BCUT2D eigenvalue weighted by Gasteiger charge is -2.40. The van der Waals surface area contributed by atoms with E-state index in [9.17, 15) is 14.3 Å². The number of aryl methyl sites for hydroxylation is 2. The number of carboxylic acid groups (broad SMARTS) is 1. The molecular formula is C33H42FN3O5. The van der Waals surface area contributed by atoms with Gasteiger partial charge >= 0.3 is 5.97 Å². The van der Waals surface area contributed by atoms with E-state index in [0.29, 0.717) is 34.0 Å². The van der Waals surface area contributed by atoms with Gasteiger partial charge in [-0.05, 0) is 88.8 Å². The van der Waals surface area contributed by atoms with Crippen LogP contribution in [-0.2, 0) is 9.53 Å². The summed E-state index contributed by atoms with van der Waals surface area (Å²) in [6.45, 7) is 15.7. The van der Waals surface area contributed by atoms with Gasteiger partial charge in [-0.3, -0.25) is 9.97 Å². The van der Waals surface area contributed by atoms with E-state index in [0.717, 1.165) is 37.2 Å². The molecule has 0 unspecified atom stereocenters. The molecule has 0 aliphatic carbocycles. The fourth-order valence-electron chi connectivity index (χ4n) is 5.02. The maximum Gasteiger partial charge on any atom is 0.337 e. The first kappa shape index (κ1) is 31.2. The van der Waals surface area contributed by atoms with E-state index in [-0.39, 0.29) is 24.4 Å². The monoisotopic (exact) mass is 579 g/mol. The number of carbonyl (C=O) groups is 1. The van der Waals surface area contributed by atoms with E-state index in [1.807, 2.05) is 39.8 Å². The van der Waals surface area contributed by atoms with Crippen molar-refractivity contribution < 1.29 is 28.5 Å². The number of hydrogen-bond acceptors (Lipinski definition) is 7. The third-order valence-corrected chi connectivity index (χ3v) is 7.44. The van der Waals surface area contributed by atoms with Gasteiger partial charge in [0.25, 0.3) is 0 Å². The standard InChI is InChI=1S/C33H42FN3O5/c1-21-18-23(8-10-26(21)34)40-16-17-41-24-9-11-27(36-19-24)25-20-35-22(2)28(30(31(38)39)42-32(3,4)5)29(25)37-14-12-33(6,7)13-15-37/h8-11,18-20,30H,12-17H2,1-7H3,(H,38,39)/t30-/m0/s1. The van der Waals surface area contributed by atoms with Crippen LogP contribution in [0.2, 0.25) is 0 Å². The lowest BCUT2D eigenvalue weighted by molar-refractivity contribution is -0.160. The Morgan fingerprint density at radius 1 is 1.02 bits per heavy atom. The van der Waals surface area contributed by atoms with Crippen molar-refractivity contribution in [3.63, 3.8) is 0 Å². The molecular weight excluding hydrogens is 537 g/mol. The first-order chi connectivity index (χ1) is 19.7. The fraction of sp³-hybridized carbons (Fsp3) is 0.485. The van der Waals surface area contributed by atoms with Crippen LogP contribution in [0.15, 0.2) is 42.7 Å². The van der Waals surface area contributed by atoms with Crippen molar-refractivity contribution in [2.75, 3.05) is 31.2 Å². The number of carboxylic acids is 1. The molecule has 42 heavy (non-hydrogen) atoms. The molecule has 0 amide bonds. The molecule has 2 aromatic heterocycles. The zero-order chi connectivity index (χ0) is 30.7. The molecule has 1 N–H and O–H groups in total. The average molecular weight is 580 g/mol. The number of rotatable bonds is 10. The molecule has 0 spiro atoms. The van der Waals surface area contributed by atoms with Crippen LogP contribution in [0.5, 0.6) is 11.5 Å². The minimum absolute atomic E-state index is 0.212. The summed E-state index contributed by atoms with van der Waals surface area (Å²) in [5, 5.41) is 10.3. The summed E-state index contributed by atoms with van der Waals surface area (Å²) in [6, 6.07) is 8.30. The number of aliphatic carboxylic acids is 1. The molecule has 3 heterocycles. The summed E-state index contributed by atoms with van der Waals surface area (Å²) < 4.78 is 31.1. The first-order valence-electron chi connectivity index (χ1n) is 14.4. The van der Waals surface area contributed by atoms with Gasteiger partial charge in [-0.15, -0.1) is 0 Å². The smallest absolute Gasteiger partial charge is 0.337 e. The molecule has 4 rings (SSSR count). The van der Waals surface area contributed by atoms with Crippen LogP contribution in [0.3, 0.4) is 0 Å².